The predicted octanol–water partition coefficient (Wildman–Crippen LogP) is 6.80. The number of esters is 1. The third-order valence-electron chi connectivity index (χ3n) is 12.6. The molecule has 0 radical (unpaired) electrons. The van der Waals surface area contributed by atoms with Gasteiger partial charge in [0.15, 0.2) is 5.78 Å². The molecule has 3 heterocycles. The summed E-state index contributed by atoms with van der Waals surface area (Å²) in [5.74, 6) is -4.94. The predicted molar refractivity (Wildman–Crippen MR) is 208 cm³/mol. The van der Waals surface area contributed by atoms with Gasteiger partial charge < -0.3 is 19.1 Å². The van der Waals surface area contributed by atoms with E-state index in [-0.39, 0.29) is 44.0 Å². The number of alkyl halides is 4. The largest absolute Gasteiger partial charge is 0.492 e. The minimum absolute atomic E-state index is 0.0170. The molecule has 4 aliphatic rings. The Balaban J connectivity index is 1.36. The molecule has 1 aromatic heterocycles. The average molecular weight is 852 g/mol. The van der Waals surface area contributed by atoms with Crippen LogP contribution in [0, 0.1) is 29.1 Å². The first kappa shape index (κ1) is 44.3. The number of carbonyl (C=O) groups is 4. The summed E-state index contributed by atoms with van der Waals surface area (Å²) in [6, 6.07) is 5.99. The van der Waals surface area contributed by atoms with Gasteiger partial charge in [-0.25, -0.2) is 17.8 Å². The fraction of sp³-hybridized carbons (Fsp3) is 0.643. The quantitative estimate of drug-likeness (QED) is 0.145. The molecule has 2 amide bonds. The van der Waals surface area contributed by atoms with Crippen molar-refractivity contribution in [1.29, 1.82) is 0 Å². The fourth-order valence-electron chi connectivity index (χ4n) is 8.47. The Bertz CT molecular complexity index is 2090. The van der Waals surface area contributed by atoms with Crippen molar-refractivity contribution in [2.24, 2.45) is 29.1 Å². The highest BCUT2D eigenvalue weighted by molar-refractivity contribution is 7.91. The van der Waals surface area contributed by atoms with E-state index in [4.69, 9.17) is 14.2 Å². The summed E-state index contributed by atoms with van der Waals surface area (Å²) < 4.78 is 99.1. The number of ketones is 1. The van der Waals surface area contributed by atoms with Crippen molar-refractivity contribution < 1.29 is 59.4 Å². The van der Waals surface area contributed by atoms with Gasteiger partial charge in [-0.1, -0.05) is 44.2 Å². The number of nitrogens with one attached hydrogen (secondary N) is 1. The molecule has 17 heteroatoms. The number of amides is 2. The van der Waals surface area contributed by atoms with Crippen molar-refractivity contribution in [3.63, 3.8) is 0 Å². The van der Waals surface area contributed by atoms with Gasteiger partial charge in [-0.05, 0) is 83.1 Å². The fourth-order valence-corrected chi connectivity index (χ4v) is 9.91. The van der Waals surface area contributed by atoms with Gasteiger partial charge in [0.2, 0.25) is 33.3 Å². The molecule has 59 heavy (non-hydrogen) atoms. The van der Waals surface area contributed by atoms with Crippen molar-refractivity contribution >= 4 is 44.4 Å². The van der Waals surface area contributed by atoms with E-state index in [0.717, 1.165) is 13.8 Å². The van der Waals surface area contributed by atoms with Crippen LogP contribution < -0.4 is 14.2 Å². The number of halogens is 4. The molecule has 7 atom stereocenters. The van der Waals surface area contributed by atoms with Crippen LogP contribution in [0.3, 0.4) is 0 Å². The number of sulfonamides is 1. The molecule has 2 aliphatic carbocycles. The molecule has 2 aromatic rings. The summed E-state index contributed by atoms with van der Waals surface area (Å²) in [6.45, 7) is 6.02. The van der Waals surface area contributed by atoms with Crippen molar-refractivity contribution in [3.8, 4) is 11.6 Å². The number of aromatic nitrogens is 1. The van der Waals surface area contributed by atoms with E-state index in [1.807, 2.05) is 32.1 Å². The molecule has 324 valence electrons. The van der Waals surface area contributed by atoms with E-state index in [2.05, 4.69) is 9.71 Å². The molecule has 2 saturated carbocycles. The second-order valence-electron chi connectivity index (χ2n) is 17.4. The van der Waals surface area contributed by atoms with Crippen LogP contribution in [0.4, 0.5) is 17.6 Å². The lowest BCUT2D eigenvalue weighted by Crippen LogP contribution is -2.49. The van der Waals surface area contributed by atoms with Crippen LogP contribution in [0.25, 0.3) is 10.8 Å². The van der Waals surface area contributed by atoms with Crippen LogP contribution in [-0.4, -0.2) is 90.4 Å². The lowest BCUT2D eigenvalue weighted by molar-refractivity contribution is -0.257. The number of ether oxygens (including phenoxy) is 3. The van der Waals surface area contributed by atoms with Crippen LogP contribution >= 0.6 is 0 Å². The minimum atomic E-state index is -4.88. The van der Waals surface area contributed by atoms with Gasteiger partial charge in [0.1, 0.15) is 23.3 Å². The molecule has 0 spiro atoms. The van der Waals surface area contributed by atoms with E-state index in [0.29, 0.717) is 42.4 Å². The van der Waals surface area contributed by atoms with Gasteiger partial charge in [-0.2, -0.15) is 13.2 Å². The summed E-state index contributed by atoms with van der Waals surface area (Å²) in [5.41, 5.74) is -4.33. The Morgan fingerprint density at radius 1 is 1.07 bits per heavy atom. The third-order valence-corrected chi connectivity index (χ3v) is 14.7. The first-order chi connectivity index (χ1) is 27.7. The van der Waals surface area contributed by atoms with E-state index in [1.165, 1.54) is 11.1 Å². The number of rotatable bonds is 11. The van der Waals surface area contributed by atoms with Gasteiger partial charge >= 0.3 is 12.1 Å². The van der Waals surface area contributed by atoms with E-state index >= 15 is 0 Å². The van der Waals surface area contributed by atoms with Crippen LogP contribution in [0.5, 0.6) is 11.6 Å². The maximum absolute atomic E-state index is 14.8. The average Bonchev–Trinajstić information content (AvgIpc) is 4.07. The number of pyridine rings is 1. The molecular formula is C42H53F4N3O9S. The third kappa shape index (κ3) is 9.09. The SMILES string of the molecule is CCOc1cnc(O[C@@H]2C[C@H]3C(=O)C[C@]4(C(=O)NS(=O)(=O)C5(CF)CC5)C[C@H]4/C=C\CC[C@H](C)C[C@@H](C)[C@H](CC(=O)OC(C)(C)C(F)(F)F)C(=O)N3C2)c2ccccc12. The zero-order valence-electron chi connectivity index (χ0n) is 34.0. The molecule has 12 nitrogen and oxygen atoms in total. The summed E-state index contributed by atoms with van der Waals surface area (Å²) in [7, 11) is -4.42. The second-order valence-corrected chi connectivity index (χ2v) is 19.4. The maximum atomic E-state index is 14.8. The first-order valence-corrected chi connectivity index (χ1v) is 21.7. The molecule has 0 bridgehead atoms. The molecule has 3 fully saturated rings. The van der Waals surface area contributed by atoms with Gasteiger partial charge in [0, 0.05) is 23.6 Å². The van der Waals surface area contributed by atoms with Crippen molar-refractivity contribution in [2.75, 3.05) is 19.8 Å². The number of allylic oxidation sites excluding steroid dienone is 2. The normalized spacial score (nSPS) is 29.3. The van der Waals surface area contributed by atoms with Gasteiger partial charge in [-0.15, -0.1) is 0 Å². The molecular weight excluding hydrogens is 799 g/mol. The number of hydrogen-bond acceptors (Lipinski definition) is 10. The standard InChI is InChI=1S/C42H53F4N3O9S/c1-6-56-34-22-47-36(30-14-10-9-13-29(30)34)57-28-18-32-33(50)21-41(38(53)48-59(54,55)40(24-43)15-16-40)20-27(41)12-8-7-11-25(2)17-26(3)31(37(52)49(32)23-28)19-35(51)58-39(4,5)42(44,45)46/h8-10,12-14,22,25-28,31-32H,6-7,11,15-21,23-24H2,1-5H3,(H,48,53)/b12-8-/t25-,26+,27+,28+,31-,32-,41+/m0/s1. The van der Waals surface area contributed by atoms with Crippen molar-refractivity contribution in [1.82, 2.24) is 14.6 Å². The van der Waals surface area contributed by atoms with Crippen LogP contribution in [0.15, 0.2) is 42.6 Å². The summed E-state index contributed by atoms with van der Waals surface area (Å²) in [4.78, 5) is 62.5. The van der Waals surface area contributed by atoms with E-state index in [1.54, 1.807) is 25.1 Å². The van der Waals surface area contributed by atoms with Crippen LogP contribution in [0.2, 0.25) is 0 Å². The Morgan fingerprint density at radius 3 is 2.41 bits per heavy atom. The first-order valence-electron chi connectivity index (χ1n) is 20.3. The van der Waals surface area contributed by atoms with E-state index < -0.39 is 105 Å². The number of benzene rings is 1. The molecule has 1 N–H and O–H groups in total. The lowest BCUT2D eigenvalue weighted by Gasteiger charge is -2.33. The van der Waals surface area contributed by atoms with Crippen LogP contribution in [0.1, 0.15) is 92.4 Å². The summed E-state index contributed by atoms with van der Waals surface area (Å²) in [5, 5.41) is 1.31. The Morgan fingerprint density at radius 2 is 1.76 bits per heavy atom. The lowest BCUT2D eigenvalue weighted by atomic mass is 9.82. The summed E-state index contributed by atoms with van der Waals surface area (Å²) in [6.07, 6.45) is 0.0414. The monoisotopic (exact) mass is 851 g/mol. The number of Topliss-reactive ketones (excluding diaryl/α,β-unsaturated/α-hetero) is 1. The summed E-state index contributed by atoms with van der Waals surface area (Å²) >= 11 is 0. The molecule has 2 aliphatic heterocycles. The number of hydrogen-bond donors (Lipinski definition) is 1. The Labute approximate surface area is 341 Å². The topological polar surface area (TPSA) is 158 Å². The maximum Gasteiger partial charge on any atom is 0.427 e. The smallest absolute Gasteiger partial charge is 0.427 e. The highest BCUT2D eigenvalue weighted by atomic mass is 32.2. The molecule has 1 saturated heterocycles. The zero-order chi connectivity index (χ0) is 43.1. The highest BCUT2D eigenvalue weighted by Gasteiger charge is 2.63. The minimum Gasteiger partial charge on any atom is -0.492 e. The molecule has 6 rings (SSSR count). The Kier molecular flexibility index (Phi) is 12.5. The number of carbonyl (C=O) groups excluding carboxylic acids is 4. The van der Waals surface area contributed by atoms with Gasteiger partial charge in [0.05, 0.1) is 43.1 Å². The number of fused-ring (bicyclic) bond motifs is 3. The van der Waals surface area contributed by atoms with Crippen molar-refractivity contribution in [3.05, 3.63) is 42.6 Å². The highest BCUT2D eigenvalue weighted by Crippen LogP contribution is 2.58. The molecule has 1 aromatic carbocycles. The van der Waals surface area contributed by atoms with Crippen LogP contribution in [-0.2, 0) is 33.9 Å². The van der Waals surface area contributed by atoms with Gasteiger partial charge in [0.25, 0.3) is 0 Å². The zero-order valence-corrected chi connectivity index (χ0v) is 34.8. The van der Waals surface area contributed by atoms with Gasteiger partial charge in [-0.3, -0.25) is 23.9 Å². The second kappa shape index (κ2) is 16.6. The molecule has 0 unspecified atom stereocenters. The van der Waals surface area contributed by atoms with E-state index in [9.17, 15) is 45.2 Å². The Hall–Kier alpha value is -4.28. The van der Waals surface area contributed by atoms with Crippen molar-refractivity contribution in [2.45, 2.75) is 121 Å². The number of nitrogens with zero attached hydrogens (tertiary/aromatic N) is 2.